The highest BCUT2D eigenvalue weighted by Gasteiger charge is 2.10. The van der Waals surface area contributed by atoms with Crippen molar-refractivity contribution in [1.82, 2.24) is 4.98 Å². The Bertz CT molecular complexity index is 865. The van der Waals surface area contributed by atoms with Gasteiger partial charge in [-0.25, -0.2) is 4.98 Å². The van der Waals surface area contributed by atoms with Gasteiger partial charge >= 0.3 is 0 Å². The number of carbonyl (C=O) groups excluding carboxylic acids is 1. The van der Waals surface area contributed by atoms with Crippen LogP contribution in [0.5, 0.6) is 5.75 Å². The fourth-order valence-corrected chi connectivity index (χ4v) is 3.30. The molecule has 0 saturated carbocycles. The first-order valence-electron chi connectivity index (χ1n) is 7.77. The molecular weight excluding hydrogens is 356 g/mol. The summed E-state index contributed by atoms with van der Waals surface area (Å²) in [7, 11) is 0. The third-order valence-electron chi connectivity index (χ3n) is 3.46. The molecule has 2 aromatic carbocycles. The smallest absolute Gasteiger partial charge is 0.222 e. The van der Waals surface area contributed by atoms with Crippen molar-refractivity contribution in [1.29, 1.82) is 0 Å². The van der Waals surface area contributed by atoms with Gasteiger partial charge in [0.25, 0.3) is 0 Å². The zero-order valence-corrected chi connectivity index (χ0v) is 15.2. The van der Waals surface area contributed by atoms with E-state index in [0.717, 1.165) is 21.9 Å². The number of anilines is 1. The molecule has 1 N–H and O–H groups in total. The topological polar surface area (TPSA) is 51.2 Å². The Hall–Kier alpha value is -2.37. The fourth-order valence-electron chi connectivity index (χ4n) is 2.36. The number of hydrogen-bond acceptors (Lipinski definition) is 4. The maximum Gasteiger partial charge on any atom is 0.222 e. The number of thiazole rings is 1. The summed E-state index contributed by atoms with van der Waals surface area (Å²) in [6.07, 6.45) is 0.592. The van der Waals surface area contributed by atoms with Gasteiger partial charge in [-0.1, -0.05) is 41.9 Å². The molecule has 4 nitrogen and oxygen atoms in total. The average Bonchev–Trinajstić information content (AvgIpc) is 3.01. The number of ether oxygens (including phenoxy) is 1. The molecule has 0 spiro atoms. The van der Waals surface area contributed by atoms with E-state index in [0.29, 0.717) is 23.9 Å². The molecule has 6 heteroatoms. The summed E-state index contributed by atoms with van der Waals surface area (Å²) in [4.78, 5) is 15.5. The number of hydrogen-bond donors (Lipinski definition) is 1. The van der Waals surface area contributed by atoms with Crippen LogP contribution < -0.4 is 10.1 Å². The molecule has 1 heterocycles. The molecule has 0 unspecified atom stereocenters. The van der Waals surface area contributed by atoms with Gasteiger partial charge < -0.3 is 10.1 Å². The molecule has 25 heavy (non-hydrogen) atoms. The minimum atomic E-state index is -0.133. The zero-order chi connectivity index (χ0) is 17.6. The molecule has 1 amide bonds. The number of nitrogens with one attached hydrogen (secondary N) is 1. The lowest BCUT2D eigenvalue weighted by Gasteiger charge is -2.11. The monoisotopic (exact) mass is 372 g/mol. The van der Waals surface area contributed by atoms with Crippen LogP contribution in [0.4, 0.5) is 5.82 Å². The van der Waals surface area contributed by atoms with Crippen molar-refractivity contribution in [3.63, 3.8) is 0 Å². The number of rotatable bonds is 6. The van der Waals surface area contributed by atoms with E-state index in [9.17, 15) is 4.79 Å². The Kier molecular flexibility index (Phi) is 5.68. The molecule has 0 aliphatic heterocycles. The van der Waals surface area contributed by atoms with Crippen molar-refractivity contribution < 1.29 is 9.53 Å². The molecular formula is C19H17ClN2O2S. The lowest BCUT2D eigenvalue weighted by molar-refractivity contribution is -0.114. The van der Waals surface area contributed by atoms with E-state index in [1.165, 1.54) is 18.3 Å². The van der Waals surface area contributed by atoms with Crippen LogP contribution in [-0.4, -0.2) is 10.9 Å². The molecule has 0 saturated heterocycles. The summed E-state index contributed by atoms with van der Waals surface area (Å²) in [5, 5.41) is 6.05. The maximum absolute atomic E-state index is 11.1. The van der Waals surface area contributed by atoms with E-state index in [2.05, 4.69) is 10.3 Å². The van der Waals surface area contributed by atoms with Crippen LogP contribution in [0.15, 0.2) is 53.9 Å². The zero-order valence-electron chi connectivity index (χ0n) is 13.7. The molecule has 128 valence electrons. The van der Waals surface area contributed by atoms with Crippen molar-refractivity contribution in [2.45, 2.75) is 20.0 Å². The Balaban J connectivity index is 1.74. The SMILES string of the molecule is CC(=O)Nc1csc(Cc2cc(Cl)ccc2OCc2ccccc2)n1. The summed E-state index contributed by atoms with van der Waals surface area (Å²) >= 11 is 7.64. The number of amides is 1. The van der Waals surface area contributed by atoms with Crippen LogP contribution in [0, 0.1) is 0 Å². The second kappa shape index (κ2) is 8.14. The quantitative estimate of drug-likeness (QED) is 0.667. The van der Waals surface area contributed by atoms with E-state index in [1.807, 2.05) is 53.9 Å². The predicted molar refractivity (Wildman–Crippen MR) is 101 cm³/mol. The Morgan fingerprint density at radius 3 is 2.80 bits per heavy atom. The Labute approximate surface area is 155 Å². The third-order valence-corrected chi connectivity index (χ3v) is 4.54. The molecule has 0 bridgehead atoms. The number of aromatic nitrogens is 1. The second-order valence-corrected chi connectivity index (χ2v) is 6.89. The summed E-state index contributed by atoms with van der Waals surface area (Å²) in [6, 6.07) is 15.6. The number of benzene rings is 2. The van der Waals surface area contributed by atoms with E-state index in [-0.39, 0.29) is 5.91 Å². The van der Waals surface area contributed by atoms with Crippen molar-refractivity contribution in [3.05, 3.63) is 75.1 Å². The van der Waals surface area contributed by atoms with Crippen LogP contribution in [-0.2, 0) is 17.8 Å². The van der Waals surface area contributed by atoms with E-state index >= 15 is 0 Å². The third kappa shape index (κ3) is 5.05. The highest BCUT2D eigenvalue weighted by atomic mass is 35.5. The second-order valence-electron chi connectivity index (χ2n) is 5.51. The van der Waals surface area contributed by atoms with Crippen LogP contribution in [0.2, 0.25) is 5.02 Å². The summed E-state index contributed by atoms with van der Waals surface area (Å²) < 4.78 is 5.97. The standard InChI is InChI=1S/C19H17ClN2O2S/c1-13(23)21-18-12-25-19(22-18)10-15-9-16(20)7-8-17(15)24-11-14-5-3-2-4-6-14/h2-9,12H,10-11H2,1H3,(H,21,23). The molecule has 0 fully saturated rings. The van der Waals surface area contributed by atoms with Gasteiger partial charge in [0.2, 0.25) is 5.91 Å². The first kappa shape index (κ1) is 17.5. The van der Waals surface area contributed by atoms with Gasteiger partial charge in [-0.3, -0.25) is 4.79 Å². The lowest BCUT2D eigenvalue weighted by Crippen LogP contribution is -2.06. The molecule has 0 aliphatic carbocycles. The maximum atomic E-state index is 11.1. The van der Waals surface area contributed by atoms with E-state index in [1.54, 1.807) is 0 Å². The molecule has 3 aromatic rings. The molecule has 0 radical (unpaired) electrons. The first-order chi connectivity index (χ1) is 12.1. The van der Waals surface area contributed by atoms with Gasteiger partial charge in [0, 0.05) is 29.3 Å². The van der Waals surface area contributed by atoms with Crippen molar-refractivity contribution in [3.8, 4) is 5.75 Å². The largest absolute Gasteiger partial charge is 0.489 e. The van der Waals surface area contributed by atoms with Gasteiger partial charge in [-0.2, -0.15) is 0 Å². The fraction of sp³-hybridized carbons (Fsp3) is 0.158. The Morgan fingerprint density at radius 1 is 1.24 bits per heavy atom. The van der Waals surface area contributed by atoms with Crippen molar-refractivity contribution in [2.24, 2.45) is 0 Å². The van der Waals surface area contributed by atoms with Gasteiger partial charge in [-0.05, 0) is 23.8 Å². The Morgan fingerprint density at radius 2 is 2.04 bits per heavy atom. The van der Waals surface area contributed by atoms with Crippen LogP contribution in [0.3, 0.4) is 0 Å². The van der Waals surface area contributed by atoms with Crippen molar-refractivity contribution >= 4 is 34.7 Å². The van der Waals surface area contributed by atoms with E-state index in [4.69, 9.17) is 16.3 Å². The van der Waals surface area contributed by atoms with Crippen LogP contribution in [0.25, 0.3) is 0 Å². The molecule has 0 aliphatic rings. The van der Waals surface area contributed by atoms with Gasteiger partial charge in [-0.15, -0.1) is 11.3 Å². The molecule has 3 rings (SSSR count). The molecule has 1 aromatic heterocycles. The minimum Gasteiger partial charge on any atom is -0.489 e. The number of halogens is 1. The number of carbonyl (C=O) groups is 1. The summed E-state index contributed by atoms with van der Waals surface area (Å²) in [6.45, 7) is 1.95. The summed E-state index contributed by atoms with van der Waals surface area (Å²) in [5.74, 6) is 1.22. The van der Waals surface area contributed by atoms with Gasteiger partial charge in [0.05, 0.1) is 5.01 Å². The van der Waals surface area contributed by atoms with Crippen LogP contribution in [0.1, 0.15) is 23.1 Å². The average molecular weight is 373 g/mol. The van der Waals surface area contributed by atoms with Gasteiger partial charge in [0.1, 0.15) is 18.2 Å². The van der Waals surface area contributed by atoms with E-state index < -0.39 is 0 Å². The molecule has 0 atom stereocenters. The lowest BCUT2D eigenvalue weighted by atomic mass is 10.1. The minimum absolute atomic E-state index is 0.133. The van der Waals surface area contributed by atoms with Gasteiger partial charge in [0.15, 0.2) is 0 Å². The highest BCUT2D eigenvalue weighted by Crippen LogP contribution is 2.28. The first-order valence-corrected chi connectivity index (χ1v) is 9.03. The predicted octanol–water partition coefficient (Wildman–Crippen LogP) is 4.92. The number of nitrogens with zero attached hydrogens (tertiary/aromatic N) is 1. The van der Waals surface area contributed by atoms with Crippen molar-refractivity contribution in [2.75, 3.05) is 5.32 Å². The normalized spacial score (nSPS) is 10.5. The summed E-state index contributed by atoms with van der Waals surface area (Å²) in [5.41, 5.74) is 2.07. The van der Waals surface area contributed by atoms with Crippen LogP contribution >= 0.6 is 22.9 Å². The highest BCUT2D eigenvalue weighted by molar-refractivity contribution is 7.10.